The molecule has 0 radical (unpaired) electrons. The number of hydrogen-bond acceptors (Lipinski definition) is 5. The van der Waals surface area contributed by atoms with Crippen LogP contribution >= 0.6 is 0 Å². The van der Waals surface area contributed by atoms with E-state index in [2.05, 4.69) is 5.32 Å². The topological polar surface area (TPSA) is 95.9 Å². The largest absolute Gasteiger partial charge is 0.508 e. The van der Waals surface area contributed by atoms with Gasteiger partial charge in [0.15, 0.2) is 5.78 Å². The summed E-state index contributed by atoms with van der Waals surface area (Å²) in [6, 6.07) is 2.81. The number of ether oxygens (including phenoxy) is 1. The quantitative estimate of drug-likeness (QED) is 0.496. The summed E-state index contributed by atoms with van der Waals surface area (Å²) >= 11 is 0. The number of carbonyl (C=O) groups is 2. The van der Waals surface area contributed by atoms with Crippen molar-refractivity contribution in [3.8, 4) is 11.5 Å². The van der Waals surface area contributed by atoms with Crippen molar-refractivity contribution in [3.63, 3.8) is 0 Å². The summed E-state index contributed by atoms with van der Waals surface area (Å²) in [6.45, 7) is 7.03. The first-order valence-electron chi connectivity index (χ1n) is 8.45. The Hall–Kier alpha value is -2.34. The molecular weight excluding hydrogens is 322 g/mol. The molecule has 25 heavy (non-hydrogen) atoms. The van der Waals surface area contributed by atoms with Crippen LogP contribution in [0.15, 0.2) is 23.8 Å². The van der Waals surface area contributed by atoms with Crippen LogP contribution in [0.3, 0.4) is 0 Å². The van der Waals surface area contributed by atoms with Crippen LogP contribution in [0.2, 0.25) is 0 Å². The molecule has 6 nitrogen and oxygen atoms in total. The van der Waals surface area contributed by atoms with E-state index in [0.29, 0.717) is 11.3 Å². The molecule has 5 atom stereocenters. The minimum Gasteiger partial charge on any atom is -0.508 e. The number of fused-ring (bicyclic) bond motifs is 1. The molecular formula is C19H23NO5. The number of phenolic OH excluding ortho intramolecular Hbond substituents is 1. The number of aromatic hydroxyl groups is 1. The van der Waals surface area contributed by atoms with Gasteiger partial charge in [0.1, 0.15) is 17.6 Å². The van der Waals surface area contributed by atoms with Gasteiger partial charge in [-0.2, -0.15) is 0 Å². The molecule has 6 heteroatoms. The first kappa shape index (κ1) is 17.5. The lowest BCUT2D eigenvalue weighted by Gasteiger charge is -2.37. The summed E-state index contributed by atoms with van der Waals surface area (Å²) in [5.74, 6) is -1.95. The smallest absolute Gasteiger partial charge is 0.234 e. The van der Waals surface area contributed by atoms with Crippen LogP contribution in [0.25, 0.3) is 0 Å². The number of aliphatic hydroxyl groups is 1. The van der Waals surface area contributed by atoms with Gasteiger partial charge in [0, 0.05) is 23.5 Å². The molecule has 0 spiro atoms. The zero-order valence-corrected chi connectivity index (χ0v) is 14.7. The van der Waals surface area contributed by atoms with E-state index in [0.717, 1.165) is 5.57 Å². The van der Waals surface area contributed by atoms with Gasteiger partial charge >= 0.3 is 0 Å². The highest BCUT2D eigenvalue weighted by Gasteiger charge is 2.38. The van der Waals surface area contributed by atoms with Crippen molar-refractivity contribution < 1.29 is 24.5 Å². The number of ketones is 1. The van der Waals surface area contributed by atoms with E-state index in [1.54, 1.807) is 19.9 Å². The molecule has 3 rings (SSSR count). The maximum absolute atomic E-state index is 12.5. The molecule has 1 amide bonds. The van der Waals surface area contributed by atoms with Gasteiger partial charge in [-0.3, -0.25) is 9.59 Å². The minimum atomic E-state index is -0.857. The van der Waals surface area contributed by atoms with Crippen molar-refractivity contribution in [3.05, 3.63) is 29.3 Å². The number of phenols is 1. The van der Waals surface area contributed by atoms with Crippen LogP contribution < -0.4 is 10.1 Å². The van der Waals surface area contributed by atoms with Gasteiger partial charge < -0.3 is 20.3 Å². The number of nitrogens with one attached hydrogen (secondary N) is 1. The second-order valence-corrected chi connectivity index (χ2v) is 7.07. The normalized spacial score (nSPS) is 32.2. The summed E-state index contributed by atoms with van der Waals surface area (Å²) in [5.41, 5.74) is 1.52. The molecule has 2 heterocycles. The molecule has 0 aliphatic carbocycles. The highest BCUT2D eigenvalue weighted by atomic mass is 16.5. The van der Waals surface area contributed by atoms with Crippen molar-refractivity contribution >= 4 is 17.4 Å². The van der Waals surface area contributed by atoms with Crippen molar-refractivity contribution in [2.75, 3.05) is 5.32 Å². The molecule has 134 valence electrons. The highest BCUT2D eigenvalue weighted by Crippen LogP contribution is 2.46. The number of allylic oxidation sites excluding steroid dienone is 1. The average Bonchev–Trinajstić information content (AvgIpc) is 2.56. The van der Waals surface area contributed by atoms with Crippen LogP contribution in [0, 0.1) is 17.8 Å². The van der Waals surface area contributed by atoms with Gasteiger partial charge in [-0.15, -0.1) is 0 Å². The minimum absolute atomic E-state index is 0.0863. The lowest BCUT2D eigenvalue weighted by atomic mass is 9.84. The molecule has 0 aromatic heterocycles. The number of anilines is 1. The van der Waals surface area contributed by atoms with Gasteiger partial charge in [0.25, 0.3) is 0 Å². The summed E-state index contributed by atoms with van der Waals surface area (Å²) in [4.78, 5) is 25.0. The summed E-state index contributed by atoms with van der Waals surface area (Å²) in [5, 5.41) is 23.3. The lowest BCUT2D eigenvalue weighted by Crippen LogP contribution is -2.36. The van der Waals surface area contributed by atoms with E-state index in [1.807, 2.05) is 13.8 Å². The van der Waals surface area contributed by atoms with E-state index in [9.17, 15) is 19.8 Å². The lowest BCUT2D eigenvalue weighted by molar-refractivity contribution is -0.131. The molecule has 2 bridgehead atoms. The van der Waals surface area contributed by atoms with Crippen LogP contribution in [0.4, 0.5) is 5.69 Å². The summed E-state index contributed by atoms with van der Waals surface area (Å²) in [7, 11) is 0. The van der Waals surface area contributed by atoms with Crippen molar-refractivity contribution in [2.45, 2.75) is 39.9 Å². The Morgan fingerprint density at radius 3 is 2.52 bits per heavy atom. The molecule has 0 unspecified atom stereocenters. The fourth-order valence-electron chi connectivity index (χ4n) is 3.61. The Morgan fingerprint density at radius 1 is 1.16 bits per heavy atom. The predicted molar refractivity (Wildman–Crippen MR) is 92.4 cm³/mol. The number of carbonyl (C=O) groups excluding carboxylic acids is 2. The molecule has 1 aromatic rings. The van der Waals surface area contributed by atoms with E-state index in [1.165, 1.54) is 12.1 Å². The molecule has 3 N–H and O–H groups in total. The maximum Gasteiger partial charge on any atom is 0.234 e. The molecule has 2 aliphatic rings. The van der Waals surface area contributed by atoms with Crippen LogP contribution in [0.5, 0.6) is 11.5 Å². The third-order valence-electron chi connectivity index (χ3n) is 5.13. The Kier molecular flexibility index (Phi) is 4.33. The number of aliphatic hydroxyl groups excluding tert-OH is 1. The summed E-state index contributed by atoms with van der Waals surface area (Å²) in [6.07, 6.45) is 0.520. The van der Waals surface area contributed by atoms with Crippen LogP contribution in [-0.4, -0.2) is 28.0 Å². The standard InChI is InChI=1S/C19H23NO5/c1-8-5-9(2)17-10(3)16(23)13-6-12(21)7-14(18(13)25-17)20-19(24)11(4)15(8)22/h5-8,10-11,16-17,21,23H,1-4H3,(H,20,24)/t8-,10+,11+,16+,17-/m0/s1. The number of amides is 1. The second-order valence-electron chi connectivity index (χ2n) is 7.07. The Bertz CT molecular complexity index is 769. The van der Waals surface area contributed by atoms with E-state index >= 15 is 0 Å². The van der Waals surface area contributed by atoms with Crippen molar-refractivity contribution in [1.29, 1.82) is 0 Å². The van der Waals surface area contributed by atoms with Crippen LogP contribution in [0.1, 0.15) is 39.4 Å². The van der Waals surface area contributed by atoms with Crippen molar-refractivity contribution in [2.24, 2.45) is 17.8 Å². The average molecular weight is 345 g/mol. The third-order valence-corrected chi connectivity index (χ3v) is 5.13. The maximum atomic E-state index is 12.5. The Labute approximate surface area is 146 Å². The first-order chi connectivity index (χ1) is 11.7. The zero-order valence-electron chi connectivity index (χ0n) is 14.7. The Balaban J connectivity index is 2.21. The Morgan fingerprint density at radius 2 is 1.84 bits per heavy atom. The highest BCUT2D eigenvalue weighted by molar-refractivity contribution is 6.08. The zero-order chi connectivity index (χ0) is 18.5. The van der Waals surface area contributed by atoms with E-state index in [4.69, 9.17) is 4.74 Å². The molecule has 0 saturated heterocycles. The SMILES string of the molecule is CC1=C[C@H](C)C(=O)[C@@H](C)C(=O)Nc2cc(O)cc3c2O[C@@H]1[C@H](C)[C@H]3O. The molecule has 0 saturated carbocycles. The van der Waals surface area contributed by atoms with E-state index < -0.39 is 30.0 Å². The van der Waals surface area contributed by atoms with Gasteiger partial charge in [-0.1, -0.05) is 19.9 Å². The van der Waals surface area contributed by atoms with Gasteiger partial charge in [0.05, 0.1) is 17.7 Å². The summed E-state index contributed by atoms with van der Waals surface area (Å²) < 4.78 is 6.10. The van der Waals surface area contributed by atoms with E-state index in [-0.39, 0.29) is 23.1 Å². The number of hydrogen-bond donors (Lipinski definition) is 3. The number of Topliss-reactive ketones (excluding diaryl/α,β-unsaturated/α-hetero) is 1. The monoisotopic (exact) mass is 345 g/mol. The third kappa shape index (κ3) is 2.91. The van der Waals surface area contributed by atoms with Crippen LogP contribution in [-0.2, 0) is 9.59 Å². The van der Waals surface area contributed by atoms with Crippen molar-refractivity contribution in [1.82, 2.24) is 0 Å². The predicted octanol–water partition coefficient (Wildman–Crippen LogP) is 2.56. The molecule has 2 aliphatic heterocycles. The fraction of sp³-hybridized carbons (Fsp3) is 0.474. The number of rotatable bonds is 0. The first-order valence-corrected chi connectivity index (χ1v) is 8.45. The van der Waals surface area contributed by atoms with Gasteiger partial charge in [0.2, 0.25) is 5.91 Å². The second kappa shape index (κ2) is 6.19. The van der Waals surface area contributed by atoms with Gasteiger partial charge in [-0.05, 0) is 25.5 Å². The number of benzene rings is 1. The molecule has 0 fully saturated rings. The fourth-order valence-corrected chi connectivity index (χ4v) is 3.61. The van der Waals surface area contributed by atoms with Gasteiger partial charge in [-0.25, -0.2) is 0 Å². The molecule has 1 aromatic carbocycles.